The minimum atomic E-state index is 0.496. The zero-order valence-corrected chi connectivity index (χ0v) is 12.7. The number of anilines is 2. The number of aromatic nitrogens is 2. The number of para-hydroxylation sites is 1. The van der Waals surface area contributed by atoms with Gasteiger partial charge in [0.05, 0.1) is 11.3 Å². The summed E-state index contributed by atoms with van der Waals surface area (Å²) in [6.07, 6.45) is 0. The fraction of sp³-hybridized carbons (Fsp3) is 0.0667. The lowest BCUT2D eigenvalue weighted by Crippen LogP contribution is -2.00. The molecule has 1 heterocycles. The quantitative estimate of drug-likeness (QED) is 0.568. The molecule has 0 amide bonds. The van der Waals surface area contributed by atoms with Crippen molar-refractivity contribution in [2.24, 2.45) is 0 Å². The summed E-state index contributed by atoms with van der Waals surface area (Å²) in [6.45, 7) is 0. The predicted molar refractivity (Wildman–Crippen MR) is 89.4 cm³/mol. The van der Waals surface area contributed by atoms with Crippen molar-refractivity contribution < 1.29 is 0 Å². The minimum Gasteiger partial charge on any atom is -0.398 e. The van der Waals surface area contributed by atoms with E-state index < -0.39 is 0 Å². The topological polar surface area (TPSA) is 77.8 Å². The number of nitrogens with two attached hydrogens (primary N) is 2. The van der Waals surface area contributed by atoms with E-state index in [0.717, 1.165) is 15.8 Å². The van der Waals surface area contributed by atoms with E-state index in [2.05, 4.69) is 9.97 Å². The maximum Gasteiger partial charge on any atom is 0.141 e. The fourth-order valence-corrected chi connectivity index (χ4v) is 3.09. The lowest BCUT2D eigenvalue weighted by Gasteiger charge is -2.07. The number of hydrogen-bond acceptors (Lipinski definition) is 5. The molecule has 0 bridgehead atoms. The van der Waals surface area contributed by atoms with Crippen LogP contribution in [-0.2, 0) is 5.75 Å². The number of hydrogen-bond donors (Lipinski definition) is 2. The Morgan fingerprint density at radius 2 is 1.86 bits per heavy atom. The summed E-state index contributed by atoms with van der Waals surface area (Å²) >= 11 is 7.52. The highest BCUT2D eigenvalue weighted by Gasteiger charge is 2.07. The standard InChI is InChI=1S/C15H13ClN4S/c16-9-5-6-11(17)13(7-9)21-8-14-19-12-4-2-1-3-10(12)15(18)20-14/h1-7H,8,17H2,(H2,18,19,20). The van der Waals surface area contributed by atoms with Gasteiger partial charge >= 0.3 is 0 Å². The third-order valence-electron chi connectivity index (χ3n) is 3.01. The van der Waals surface area contributed by atoms with Crippen molar-refractivity contribution in [1.29, 1.82) is 0 Å². The lowest BCUT2D eigenvalue weighted by atomic mass is 10.2. The summed E-state index contributed by atoms with van der Waals surface area (Å²) in [5.41, 5.74) is 13.4. The number of nitrogen functional groups attached to an aromatic ring is 2. The average Bonchev–Trinajstić information content (AvgIpc) is 2.48. The summed E-state index contributed by atoms with van der Waals surface area (Å²) in [6, 6.07) is 13.1. The van der Waals surface area contributed by atoms with E-state index in [1.807, 2.05) is 30.3 Å². The number of thioether (sulfide) groups is 1. The minimum absolute atomic E-state index is 0.496. The second-order valence-corrected chi connectivity index (χ2v) is 5.97. The Bertz CT molecular complexity index is 807. The molecular weight excluding hydrogens is 304 g/mol. The van der Waals surface area contributed by atoms with Gasteiger partial charge in [-0.1, -0.05) is 23.7 Å². The van der Waals surface area contributed by atoms with Crippen LogP contribution in [0.1, 0.15) is 5.82 Å². The van der Waals surface area contributed by atoms with Crippen LogP contribution in [0, 0.1) is 0 Å². The maximum absolute atomic E-state index is 5.98. The normalized spacial score (nSPS) is 10.9. The van der Waals surface area contributed by atoms with Gasteiger partial charge in [0, 0.05) is 21.0 Å². The molecule has 106 valence electrons. The number of fused-ring (bicyclic) bond motifs is 1. The van der Waals surface area contributed by atoms with Gasteiger partial charge in [0.1, 0.15) is 11.6 Å². The molecule has 1 aromatic heterocycles. The highest BCUT2D eigenvalue weighted by Crippen LogP contribution is 2.30. The van der Waals surface area contributed by atoms with Crippen molar-refractivity contribution >= 4 is 45.8 Å². The molecule has 0 atom stereocenters. The monoisotopic (exact) mass is 316 g/mol. The van der Waals surface area contributed by atoms with Gasteiger partial charge in [-0.2, -0.15) is 0 Å². The van der Waals surface area contributed by atoms with E-state index in [1.54, 1.807) is 23.9 Å². The Morgan fingerprint density at radius 1 is 1.05 bits per heavy atom. The molecule has 0 saturated heterocycles. The van der Waals surface area contributed by atoms with E-state index in [0.29, 0.717) is 28.1 Å². The molecule has 0 aliphatic heterocycles. The van der Waals surface area contributed by atoms with E-state index in [4.69, 9.17) is 23.1 Å². The maximum atomic E-state index is 5.98. The van der Waals surface area contributed by atoms with Crippen molar-refractivity contribution in [2.45, 2.75) is 10.6 Å². The van der Waals surface area contributed by atoms with Gasteiger partial charge in [0.15, 0.2) is 0 Å². The van der Waals surface area contributed by atoms with Gasteiger partial charge in [-0.05, 0) is 30.3 Å². The van der Waals surface area contributed by atoms with Gasteiger partial charge in [0.25, 0.3) is 0 Å². The number of nitrogens with zero attached hydrogens (tertiary/aromatic N) is 2. The van der Waals surface area contributed by atoms with Crippen molar-refractivity contribution in [2.75, 3.05) is 11.5 Å². The molecule has 21 heavy (non-hydrogen) atoms. The highest BCUT2D eigenvalue weighted by atomic mass is 35.5. The van der Waals surface area contributed by atoms with Gasteiger partial charge in [-0.25, -0.2) is 9.97 Å². The van der Waals surface area contributed by atoms with E-state index in [9.17, 15) is 0 Å². The molecule has 0 saturated carbocycles. The third-order valence-corrected chi connectivity index (χ3v) is 4.31. The number of halogens is 1. The van der Waals surface area contributed by atoms with Crippen molar-refractivity contribution in [1.82, 2.24) is 9.97 Å². The van der Waals surface area contributed by atoms with Crippen molar-refractivity contribution in [3.63, 3.8) is 0 Å². The first-order valence-electron chi connectivity index (χ1n) is 6.32. The summed E-state index contributed by atoms with van der Waals surface area (Å²) in [7, 11) is 0. The van der Waals surface area contributed by atoms with Crippen molar-refractivity contribution in [3.8, 4) is 0 Å². The summed E-state index contributed by atoms with van der Waals surface area (Å²) < 4.78 is 0. The zero-order valence-electron chi connectivity index (χ0n) is 11.1. The van der Waals surface area contributed by atoms with Crippen LogP contribution in [0.5, 0.6) is 0 Å². The average molecular weight is 317 g/mol. The van der Waals surface area contributed by atoms with Crippen LogP contribution in [0.2, 0.25) is 5.02 Å². The van der Waals surface area contributed by atoms with Gasteiger partial charge in [-0.3, -0.25) is 0 Å². The molecular formula is C15H13ClN4S. The molecule has 0 aliphatic rings. The van der Waals surface area contributed by atoms with Gasteiger partial charge < -0.3 is 11.5 Å². The van der Waals surface area contributed by atoms with Crippen LogP contribution in [0.25, 0.3) is 10.9 Å². The molecule has 6 heteroatoms. The first kappa shape index (κ1) is 14.0. The molecule has 2 aromatic carbocycles. The van der Waals surface area contributed by atoms with Crippen LogP contribution in [-0.4, -0.2) is 9.97 Å². The molecule has 0 fully saturated rings. The van der Waals surface area contributed by atoms with E-state index in [1.165, 1.54) is 0 Å². The smallest absolute Gasteiger partial charge is 0.141 e. The van der Waals surface area contributed by atoms with E-state index >= 15 is 0 Å². The predicted octanol–water partition coefficient (Wildman–Crippen LogP) is 3.74. The Labute approximate surface area is 131 Å². The highest BCUT2D eigenvalue weighted by molar-refractivity contribution is 7.98. The SMILES string of the molecule is Nc1ccc(Cl)cc1SCc1nc(N)c2ccccc2n1. The number of benzene rings is 2. The van der Waals surface area contributed by atoms with E-state index in [-0.39, 0.29) is 0 Å². The second kappa shape index (κ2) is 5.79. The Morgan fingerprint density at radius 3 is 2.71 bits per heavy atom. The van der Waals surface area contributed by atoms with Gasteiger partial charge in [-0.15, -0.1) is 11.8 Å². The summed E-state index contributed by atoms with van der Waals surface area (Å²) in [5, 5.41) is 1.53. The van der Waals surface area contributed by atoms with Crippen LogP contribution in [0.15, 0.2) is 47.4 Å². The molecule has 3 aromatic rings. The molecule has 4 nitrogen and oxygen atoms in total. The summed E-state index contributed by atoms with van der Waals surface area (Å²) in [5.74, 6) is 1.75. The van der Waals surface area contributed by atoms with Crippen molar-refractivity contribution in [3.05, 3.63) is 53.3 Å². The first-order valence-corrected chi connectivity index (χ1v) is 7.69. The Hall–Kier alpha value is -1.98. The Balaban J connectivity index is 1.87. The van der Waals surface area contributed by atoms with Crippen LogP contribution in [0.4, 0.5) is 11.5 Å². The first-order chi connectivity index (χ1) is 10.1. The fourth-order valence-electron chi connectivity index (χ4n) is 1.99. The molecule has 0 radical (unpaired) electrons. The largest absolute Gasteiger partial charge is 0.398 e. The van der Waals surface area contributed by atoms with Crippen LogP contribution >= 0.6 is 23.4 Å². The zero-order chi connectivity index (χ0) is 14.8. The number of rotatable bonds is 3. The molecule has 0 spiro atoms. The molecule has 3 rings (SSSR count). The van der Waals surface area contributed by atoms with Crippen LogP contribution < -0.4 is 11.5 Å². The third kappa shape index (κ3) is 3.04. The lowest BCUT2D eigenvalue weighted by molar-refractivity contribution is 1.08. The second-order valence-electron chi connectivity index (χ2n) is 4.51. The van der Waals surface area contributed by atoms with Gasteiger partial charge in [0.2, 0.25) is 0 Å². The Kier molecular flexibility index (Phi) is 3.86. The molecule has 4 N–H and O–H groups in total. The summed E-state index contributed by atoms with van der Waals surface area (Å²) in [4.78, 5) is 9.77. The molecule has 0 unspecified atom stereocenters. The molecule has 0 aliphatic carbocycles. The van der Waals surface area contributed by atoms with Crippen LogP contribution in [0.3, 0.4) is 0 Å².